The van der Waals surface area contributed by atoms with Crippen molar-refractivity contribution in [3.8, 4) is 0 Å². The Morgan fingerprint density at radius 2 is 2.31 bits per heavy atom. The maximum absolute atomic E-state index is 5.70. The fraction of sp³-hybridized carbons (Fsp3) is 0.417. The van der Waals surface area contributed by atoms with Gasteiger partial charge in [0.05, 0.1) is 10.2 Å². The topological polar surface area (TPSA) is 50.9 Å². The van der Waals surface area contributed by atoms with Crippen molar-refractivity contribution in [1.82, 2.24) is 10.3 Å². The van der Waals surface area contributed by atoms with Crippen molar-refractivity contribution in [3.63, 3.8) is 0 Å². The van der Waals surface area contributed by atoms with Crippen LogP contribution in [0.2, 0.25) is 0 Å². The summed E-state index contributed by atoms with van der Waals surface area (Å²) in [7, 11) is 1.99. The molecule has 0 aliphatic rings. The Morgan fingerprint density at radius 3 is 3.00 bits per heavy atom. The second kappa shape index (κ2) is 4.80. The van der Waals surface area contributed by atoms with E-state index in [2.05, 4.69) is 35.4 Å². The minimum Gasteiger partial charge on any atom is -0.375 e. The second-order valence-electron chi connectivity index (χ2n) is 3.94. The molecular formula is C12H17N3S. The molecule has 1 unspecified atom stereocenters. The third-order valence-electron chi connectivity index (χ3n) is 2.84. The highest BCUT2D eigenvalue weighted by Crippen LogP contribution is 2.28. The summed E-state index contributed by atoms with van der Waals surface area (Å²) in [6, 6.07) is 6.44. The van der Waals surface area contributed by atoms with Crippen LogP contribution in [0.3, 0.4) is 0 Å². The third-order valence-corrected chi connectivity index (χ3v) is 3.69. The van der Waals surface area contributed by atoms with E-state index in [9.17, 15) is 0 Å². The Hall–Kier alpha value is -1.13. The molecule has 0 amide bonds. The van der Waals surface area contributed by atoms with E-state index in [1.807, 2.05) is 7.05 Å². The predicted octanol–water partition coefficient (Wildman–Crippen LogP) is 2.59. The normalized spacial score (nSPS) is 13.1. The van der Waals surface area contributed by atoms with Gasteiger partial charge in [-0.05, 0) is 37.1 Å². The Kier molecular flexibility index (Phi) is 3.41. The van der Waals surface area contributed by atoms with Gasteiger partial charge in [-0.3, -0.25) is 0 Å². The maximum atomic E-state index is 5.70. The van der Waals surface area contributed by atoms with Crippen LogP contribution in [0.25, 0.3) is 10.2 Å². The van der Waals surface area contributed by atoms with Crippen molar-refractivity contribution in [2.24, 2.45) is 0 Å². The van der Waals surface area contributed by atoms with Crippen molar-refractivity contribution < 1.29 is 0 Å². The molecular weight excluding hydrogens is 218 g/mol. The number of aromatic nitrogens is 1. The number of hydrogen-bond donors (Lipinski definition) is 2. The van der Waals surface area contributed by atoms with Crippen LogP contribution < -0.4 is 11.1 Å². The van der Waals surface area contributed by atoms with Gasteiger partial charge in [-0.2, -0.15) is 0 Å². The molecule has 0 saturated carbocycles. The molecule has 3 nitrogen and oxygen atoms in total. The standard InChI is InChI=1S/C12H17N3S/c1-3-8(7-14-2)9-4-5-10-11(6-9)16-12(13)15-10/h4-6,8,14H,3,7H2,1-2H3,(H2,13,15). The van der Waals surface area contributed by atoms with Gasteiger partial charge in [0, 0.05) is 6.54 Å². The molecule has 0 spiro atoms. The monoisotopic (exact) mass is 235 g/mol. The summed E-state index contributed by atoms with van der Waals surface area (Å²) in [6.07, 6.45) is 1.14. The lowest BCUT2D eigenvalue weighted by Gasteiger charge is -2.14. The molecule has 0 aliphatic carbocycles. The van der Waals surface area contributed by atoms with Gasteiger partial charge in [-0.1, -0.05) is 24.3 Å². The minimum atomic E-state index is 0.567. The van der Waals surface area contributed by atoms with Gasteiger partial charge in [0.2, 0.25) is 0 Å². The third kappa shape index (κ3) is 2.18. The van der Waals surface area contributed by atoms with Crippen LogP contribution in [-0.2, 0) is 0 Å². The minimum absolute atomic E-state index is 0.567. The Balaban J connectivity index is 2.36. The number of nitrogens with zero attached hydrogens (tertiary/aromatic N) is 1. The van der Waals surface area contributed by atoms with Crippen LogP contribution in [0.4, 0.5) is 5.13 Å². The van der Waals surface area contributed by atoms with E-state index in [1.165, 1.54) is 10.3 Å². The smallest absolute Gasteiger partial charge is 0.181 e. The summed E-state index contributed by atoms with van der Waals surface area (Å²) in [4.78, 5) is 4.27. The first-order valence-corrected chi connectivity index (χ1v) is 6.36. The zero-order valence-electron chi connectivity index (χ0n) is 9.66. The van der Waals surface area contributed by atoms with Crippen molar-refractivity contribution >= 4 is 26.7 Å². The average Bonchev–Trinajstić information content (AvgIpc) is 2.64. The summed E-state index contributed by atoms with van der Waals surface area (Å²) in [5.41, 5.74) is 8.08. The molecule has 1 atom stereocenters. The number of rotatable bonds is 4. The highest BCUT2D eigenvalue weighted by molar-refractivity contribution is 7.22. The van der Waals surface area contributed by atoms with Crippen LogP contribution in [0.1, 0.15) is 24.8 Å². The van der Waals surface area contributed by atoms with E-state index < -0.39 is 0 Å². The van der Waals surface area contributed by atoms with E-state index in [0.29, 0.717) is 11.0 Å². The Morgan fingerprint density at radius 1 is 1.50 bits per heavy atom. The molecule has 0 saturated heterocycles. The molecule has 0 radical (unpaired) electrons. The number of nitrogen functional groups attached to an aromatic ring is 1. The summed E-state index contributed by atoms with van der Waals surface area (Å²) in [5, 5.41) is 3.88. The molecule has 0 bridgehead atoms. The molecule has 0 fully saturated rings. The fourth-order valence-electron chi connectivity index (χ4n) is 1.96. The molecule has 0 aliphatic heterocycles. The van der Waals surface area contributed by atoms with Crippen molar-refractivity contribution in [2.45, 2.75) is 19.3 Å². The van der Waals surface area contributed by atoms with Gasteiger partial charge >= 0.3 is 0 Å². The van der Waals surface area contributed by atoms with Crippen molar-refractivity contribution in [3.05, 3.63) is 23.8 Å². The van der Waals surface area contributed by atoms with E-state index >= 15 is 0 Å². The Labute approximate surface area is 99.7 Å². The highest BCUT2D eigenvalue weighted by atomic mass is 32.1. The lowest BCUT2D eigenvalue weighted by atomic mass is 9.96. The van der Waals surface area contributed by atoms with Gasteiger partial charge in [0.25, 0.3) is 0 Å². The molecule has 2 rings (SSSR count). The quantitative estimate of drug-likeness (QED) is 0.856. The number of benzene rings is 1. The first-order valence-electron chi connectivity index (χ1n) is 5.55. The molecule has 86 valence electrons. The number of nitrogens with two attached hydrogens (primary N) is 1. The first kappa shape index (κ1) is 11.4. The second-order valence-corrected chi connectivity index (χ2v) is 5.00. The number of anilines is 1. The van der Waals surface area contributed by atoms with Crippen molar-refractivity contribution in [1.29, 1.82) is 0 Å². The zero-order chi connectivity index (χ0) is 11.5. The molecule has 16 heavy (non-hydrogen) atoms. The first-order chi connectivity index (χ1) is 7.74. The number of likely N-dealkylation sites (N-methyl/N-ethyl adjacent to an activating group) is 1. The summed E-state index contributed by atoms with van der Waals surface area (Å²) < 4.78 is 1.18. The maximum Gasteiger partial charge on any atom is 0.181 e. The zero-order valence-corrected chi connectivity index (χ0v) is 10.5. The molecule has 1 aromatic heterocycles. The van der Waals surface area contributed by atoms with Crippen LogP contribution in [-0.4, -0.2) is 18.6 Å². The lowest BCUT2D eigenvalue weighted by molar-refractivity contribution is 0.612. The fourth-order valence-corrected chi connectivity index (χ4v) is 2.74. The van der Waals surface area contributed by atoms with Gasteiger partial charge < -0.3 is 11.1 Å². The van der Waals surface area contributed by atoms with E-state index in [-0.39, 0.29) is 0 Å². The summed E-state index contributed by atoms with van der Waals surface area (Å²) in [5.74, 6) is 0.567. The largest absolute Gasteiger partial charge is 0.375 e. The van der Waals surface area contributed by atoms with Crippen LogP contribution in [0.5, 0.6) is 0 Å². The summed E-state index contributed by atoms with van der Waals surface area (Å²) >= 11 is 1.56. The Bertz CT molecular complexity index is 478. The molecule has 2 aromatic rings. The van der Waals surface area contributed by atoms with Crippen molar-refractivity contribution in [2.75, 3.05) is 19.3 Å². The van der Waals surface area contributed by atoms with Gasteiger partial charge in [0.1, 0.15) is 0 Å². The lowest BCUT2D eigenvalue weighted by Crippen LogP contribution is -2.16. The van der Waals surface area contributed by atoms with Gasteiger partial charge in [-0.15, -0.1) is 0 Å². The summed E-state index contributed by atoms with van der Waals surface area (Å²) in [6.45, 7) is 3.23. The predicted molar refractivity (Wildman–Crippen MR) is 71.0 cm³/mol. The molecule has 4 heteroatoms. The van der Waals surface area contributed by atoms with Gasteiger partial charge in [-0.25, -0.2) is 4.98 Å². The molecule has 3 N–H and O–H groups in total. The molecule has 1 heterocycles. The van der Waals surface area contributed by atoms with E-state index in [4.69, 9.17) is 5.73 Å². The van der Waals surface area contributed by atoms with Crippen LogP contribution >= 0.6 is 11.3 Å². The number of thiazole rings is 1. The van der Waals surface area contributed by atoms with Crippen LogP contribution in [0.15, 0.2) is 18.2 Å². The average molecular weight is 235 g/mol. The van der Waals surface area contributed by atoms with Crippen LogP contribution in [0, 0.1) is 0 Å². The number of fused-ring (bicyclic) bond motifs is 1. The SMILES string of the molecule is CCC(CNC)c1ccc2nc(N)sc2c1. The number of nitrogens with one attached hydrogen (secondary N) is 1. The number of hydrogen-bond acceptors (Lipinski definition) is 4. The van der Waals surface area contributed by atoms with Gasteiger partial charge in [0.15, 0.2) is 5.13 Å². The highest BCUT2D eigenvalue weighted by Gasteiger charge is 2.10. The van der Waals surface area contributed by atoms with E-state index in [0.717, 1.165) is 18.5 Å². The van der Waals surface area contributed by atoms with E-state index in [1.54, 1.807) is 11.3 Å². The molecule has 1 aromatic carbocycles.